The Labute approximate surface area is 180 Å². The summed E-state index contributed by atoms with van der Waals surface area (Å²) < 4.78 is 5.21. The van der Waals surface area contributed by atoms with Gasteiger partial charge in [0.1, 0.15) is 17.1 Å². The lowest BCUT2D eigenvalue weighted by atomic mass is 10.0. The molecule has 4 aromatic rings. The number of nitrogens with one attached hydrogen (secondary N) is 1. The minimum atomic E-state index is -0.175. The van der Waals surface area contributed by atoms with E-state index < -0.39 is 0 Å². The number of aryl methyl sites for hydroxylation is 3. The van der Waals surface area contributed by atoms with Crippen molar-refractivity contribution in [2.24, 2.45) is 0 Å². The number of amides is 1. The van der Waals surface area contributed by atoms with Crippen molar-refractivity contribution in [1.29, 1.82) is 0 Å². The molecule has 0 saturated carbocycles. The highest BCUT2D eigenvalue weighted by Crippen LogP contribution is 2.29. The Morgan fingerprint density at radius 2 is 1.77 bits per heavy atom. The van der Waals surface area contributed by atoms with Crippen LogP contribution in [0, 0.1) is 13.8 Å². The number of rotatable bonds is 6. The summed E-state index contributed by atoms with van der Waals surface area (Å²) in [6.45, 7) is 5.99. The van der Waals surface area contributed by atoms with Gasteiger partial charge in [0.25, 0.3) is 5.91 Å². The fourth-order valence-electron chi connectivity index (χ4n) is 3.43. The predicted molar refractivity (Wildman–Crippen MR) is 117 cm³/mol. The van der Waals surface area contributed by atoms with E-state index in [2.05, 4.69) is 25.4 Å². The Kier molecular flexibility index (Phi) is 5.84. The van der Waals surface area contributed by atoms with Crippen molar-refractivity contribution in [2.45, 2.75) is 33.7 Å². The number of benzene rings is 1. The highest BCUT2D eigenvalue weighted by Gasteiger charge is 2.19. The standard InChI is InChI=1S/C24H23N5O2/c1-4-21-22(15(2)29-31-21)24(30)27-13-17-5-7-19(8-6-17)23-20(14-26-16(3)28-23)18-9-11-25-12-10-18/h5-12,14H,4,13H2,1-3H3,(H,27,30). The second kappa shape index (κ2) is 8.87. The number of nitrogens with zero attached hydrogens (tertiary/aromatic N) is 4. The van der Waals surface area contributed by atoms with Gasteiger partial charge in [-0.05, 0) is 37.1 Å². The Hall–Kier alpha value is -3.87. The third kappa shape index (κ3) is 4.35. The zero-order valence-corrected chi connectivity index (χ0v) is 17.7. The lowest BCUT2D eigenvalue weighted by molar-refractivity contribution is 0.0948. The molecule has 0 radical (unpaired) electrons. The van der Waals surface area contributed by atoms with Crippen molar-refractivity contribution in [2.75, 3.05) is 0 Å². The van der Waals surface area contributed by atoms with E-state index >= 15 is 0 Å². The molecule has 0 aliphatic rings. The number of carbonyl (C=O) groups is 1. The number of pyridine rings is 1. The molecule has 3 aromatic heterocycles. The van der Waals surface area contributed by atoms with Crippen LogP contribution in [0.3, 0.4) is 0 Å². The van der Waals surface area contributed by atoms with Crippen LogP contribution in [0.2, 0.25) is 0 Å². The van der Waals surface area contributed by atoms with Crippen molar-refractivity contribution < 1.29 is 9.32 Å². The van der Waals surface area contributed by atoms with E-state index in [9.17, 15) is 4.79 Å². The Bertz CT molecular complexity index is 1200. The van der Waals surface area contributed by atoms with Crippen LogP contribution < -0.4 is 5.32 Å². The molecule has 0 unspecified atom stereocenters. The van der Waals surface area contributed by atoms with Crippen LogP contribution in [0.5, 0.6) is 0 Å². The molecule has 0 atom stereocenters. The van der Waals surface area contributed by atoms with Crippen molar-refractivity contribution >= 4 is 5.91 Å². The molecule has 0 spiro atoms. The third-order valence-electron chi connectivity index (χ3n) is 5.06. The van der Waals surface area contributed by atoms with Gasteiger partial charge in [0, 0.05) is 42.7 Å². The fourth-order valence-corrected chi connectivity index (χ4v) is 3.43. The van der Waals surface area contributed by atoms with Crippen molar-refractivity contribution in [1.82, 2.24) is 25.4 Å². The largest absolute Gasteiger partial charge is 0.360 e. The minimum absolute atomic E-state index is 0.175. The molecule has 1 amide bonds. The molecule has 4 rings (SSSR count). The van der Waals surface area contributed by atoms with E-state index in [4.69, 9.17) is 4.52 Å². The fraction of sp³-hybridized carbons (Fsp3) is 0.208. The maximum Gasteiger partial charge on any atom is 0.257 e. The molecule has 0 fully saturated rings. The summed E-state index contributed by atoms with van der Waals surface area (Å²) >= 11 is 0. The first kappa shape index (κ1) is 20.4. The molecule has 7 nitrogen and oxygen atoms in total. The first-order valence-corrected chi connectivity index (χ1v) is 10.1. The molecule has 3 heterocycles. The Morgan fingerprint density at radius 1 is 1.03 bits per heavy atom. The molecular formula is C24H23N5O2. The van der Waals surface area contributed by atoms with Gasteiger partial charge in [-0.2, -0.15) is 0 Å². The lowest BCUT2D eigenvalue weighted by Crippen LogP contribution is -2.24. The smallest absolute Gasteiger partial charge is 0.257 e. The summed E-state index contributed by atoms with van der Waals surface area (Å²) in [7, 11) is 0. The van der Waals surface area contributed by atoms with E-state index in [0.717, 1.165) is 27.9 Å². The summed E-state index contributed by atoms with van der Waals surface area (Å²) in [5, 5.41) is 6.85. The summed E-state index contributed by atoms with van der Waals surface area (Å²) in [6, 6.07) is 11.9. The van der Waals surface area contributed by atoms with Gasteiger partial charge in [-0.1, -0.05) is 36.3 Å². The molecule has 31 heavy (non-hydrogen) atoms. The summed E-state index contributed by atoms with van der Waals surface area (Å²) in [5.74, 6) is 1.14. The quantitative estimate of drug-likeness (QED) is 0.506. The molecule has 1 N–H and O–H groups in total. The normalized spacial score (nSPS) is 10.8. The van der Waals surface area contributed by atoms with Crippen molar-refractivity contribution in [3.05, 3.63) is 83.4 Å². The van der Waals surface area contributed by atoms with E-state index in [1.165, 1.54) is 0 Å². The predicted octanol–water partition coefficient (Wildman–Crippen LogP) is 4.30. The van der Waals surface area contributed by atoms with Gasteiger partial charge < -0.3 is 9.84 Å². The monoisotopic (exact) mass is 413 g/mol. The molecule has 7 heteroatoms. The molecule has 0 bridgehead atoms. The molecule has 1 aromatic carbocycles. The number of carbonyl (C=O) groups excluding carboxylic acids is 1. The van der Waals surface area contributed by atoms with Crippen LogP contribution in [0.4, 0.5) is 0 Å². The topological polar surface area (TPSA) is 93.8 Å². The maximum atomic E-state index is 12.6. The van der Waals surface area contributed by atoms with Gasteiger partial charge in [-0.25, -0.2) is 9.97 Å². The van der Waals surface area contributed by atoms with E-state index in [-0.39, 0.29) is 5.91 Å². The number of hydrogen-bond acceptors (Lipinski definition) is 6. The zero-order chi connectivity index (χ0) is 21.8. The van der Waals surface area contributed by atoms with Gasteiger partial charge in [0.05, 0.1) is 11.4 Å². The van der Waals surface area contributed by atoms with E-state index in [1.54, 1.807) is 19.3 Å². The van der Waals surface area contributed by atoms with Gasteiger partial charge in [-0.3, -0.25) is 9.78 Å². The average molecular weight is 413 g/mol. The number of hydrogen-bond donors (Lipinski definition) is 1. The van der Waals surface area contributed by atoms with Crippen molar-refractivity contribution in [3.63, 3.8) is 0 Å². The van der Waals surface area contributed by atoms with E-state index in [0.29, 0.717) is 35.8 Å². The van der Waals surface area contributed by atoms with Crippen LogP contribution in [0.1, 0.15) is 40.1 Å². The number of aromatic nitrogens is 4. The van der Waals surface area contributed by atoms with Crippen LogP contribution in [-0.4, -0.2) is 26.0 Å². The van der Waals surface area contributed by atoms with Crippen LogP contribution >= 0.6 is 0 Å². The minimum Gasteiger partial charge on any atom is -0.360 e. The molecule has 156 valence electrons. The zero-order valence-electron chi connectivity index (χ0n) is 17.7. The molecule has 0 saturated heterocycles. The summed E-state index contributed by atoms with van der Waals surface area (Å²) in [6.07, 6.45) is 5.97. The third-order valence-corrected chi connectivity index (χ3v) is 5.06. The highest BCUT2D eigenvalue weighted by molar-refractivity contribution is 5.96. The summed E-state index contributed by atoms with van der Waals surface area (Å²) in [4.78, 5) is 25.7. The van der Waals surface area contributed by atoms with Crippen LogP contribution in [0.15, 0.2) is 59.5 Å². The highest BCUT2D eigenvalue weighted by atomic mass is 16.5. The molecule has 0 aliphatic carbocycles. The van der Waals surface area contributed by atoms with Gasteiger partial charge >= 0.3 is 0 Å². The van der Waals surface area contributed by atoms with Gasteiger partial charge in [0.15, 0.2) is 0 Å². The van der Waals surface area contributed by atoms with Gasteiger partial charge in [0.2, 0.25) is 0 Å². The SMILES string of the molecule is CCc1onc(C)c1C(=O)NCc1ccc(-c2nc(C)ncc2-c2ccncc2)cc1. The Balaban J connectivity index is 1.54. The maximum absolute atomic E-state index is 12.6. The van der Waals surface area contributed by atoms with Crippen LogP contribution in [-0.2, 0) is 13.0 Å². The first-order chi connectivity index (χ1) is 15.1. The average Bonchev–Trinajstić information content (AvgIpc) is 3.19. The Morgan fingerprint density at radius 3 is 2.48 bits per heavy atom. The van der Waals surface area contributed by atoms with Gasteiger partial charge in [-0.15, -0.1) is 0 Å². The first-order valence-electron chi connectivity index (χ1n) is 10.1. The van der Waals surface area contributed by atoms with E-state index in [1.807, 2.05) is 56.4 Å². The van der Waals surface area contributed by atoms with Crippen molar-refractivity contribution in [3.8, 4) is 22.4 Å². The molecular weight excluding hydrogens is 390 g/mol. The van der Waals surface area contributed by atoms with Crippen LogP contribution in [0.25, 0.3) is 22.4 Å². The second-order valence-electron chi connectivity index (χ2n) is 7.21. The lowest BCUT2D eigenvalue weighted by Gasteiger charge is -2.11. The second-order valence-corrected chi connectivity index (χ2v) is 7.21. The molecule has 0 aliphatic heterocycles. The summed E-state index contributed by atoms with van der Waals surface area (Å²) in [5.41, 5.74) is 5.92.